The Labute approximate surface area is 172 Å². The second-order valence-electron chi connectivity index (χ2n) is 7.88. The standard InChI is InChI=1S/C24H29N3O2/c28-24(26-22-7-2-1-3-8-22)25-13-10-19-11-14-27(15-12-19)17-20-16-21-6-4-5-9-23(21)29-18-20/h1-9,16,19H,10-15,17-18H2,(H2,25,26,28). The number of para-hydroxylation sites is 2. The molecule has 0 aromatic heterocycles. The van der Waals surface area contributed by atoms with Crippen LogP contribution in [0.1, 0.15) is 24.8 Å². The van der Waals surface area contributed by atoms with E-state index in [0.717, 1.165) is 44.0 Å². The average molecular weight is 392 g/mol. The second-order valence-corrected chi connectivity index (χ2v) is 7.88. The van der Waals surface area contributed by atoms with E-state index in [1.807, 2.05) is 42.5 Å². The largest absolute Gasteiger partial charge is 0.489 e. The molecule has 0 saturated carbocycles. The van der Waals surface area contributed by atoms with Crippen LogP contribution in [0.3, 0.4) is 0 Å². The molecule has 0 spiro atoms. The lowest BCUT2D eigenvalue weighted by Gasteiger charge is -2.33. The van der Waals surface area contributed by atoms with Crippen molar-refractivity contribution in [1.29, 1.82) is 0 Å². The summed E-state index contributed by atoms with van der Waals surface area (Å²) in [6, 6.07) is 17.6. The number of hydrogen-bond acceptors (Lipinski definition) is 3. The topological polar surface area (TPSA) is 53.6 Å². The normalized spacial score (nSPS) is 17.0. The molecule has 0 unspecified atom stereocenters. The third kappa shape index (κ3) is 5.61. The molecule has 2 heterocycles. The van der Waals surface area contributed by atoms with E-state index in [1.165, 1.54) is 24.0 Å². The molecule has 5 heteroatoms. The zero-order valence-corrected chi connectivity index (χ0v) is 16.8. The van der Waals surface area contributed by atoms with Crippen LogP contribution in [0.2, 0.25) is 0 Å². The first-order valence-electron chi connectivity index (χ1n) is 10.5. The van der Waals surface area contributed by atoms with Gasteiger partial charge >= 0.3 is 6.03 Å². The summed E-state index contributed by atoms with van der Waals surface area (Å²) < 4.78 is 5.88. The molecule has 1 fully saturated rings. The van der Waals surface area contributed by atoms with Crippen LogP contribution in [-0.4, -0.2) is 43.7 Å². The monoisotopic (exact) mass is 391 g/mol. The molecule has 2 aliphatic rings. The van der Waals surface area contributed by atoms with Crippen molar-refractivity contribution in [3.8, 4) is 5.75 Å². The van der Waals surface area contributed by atoms with Crippen molar-refractivity contribution in [2.75, 3.05) is 38.1 Å². The van der Waals surface area contributed by atoms with Crippen molar-refractivity contribution < 1.29 is 9.53 Å². The van der Waals surface area contributed by atoms with E-state index in [4.69, 9.17) is 4.74 Å². The molecule has 2 aromatic rings. The summed E-state index contributed by atoms with van der Waals surface area (Å²) in [7, 11) is 0. The quantitative estimate of drug-likeness (QED) is 0.768. The highest BCUT2D eigenvalue weighted by Crippen LogP contribution is 2.27. The van der Waals surface area contributed by atoms with Crippen molar-refractivity contribution in [2.24, 2.45) is 5.92 Å². The van der Waals surface area contributed by atoms with Crippen LogP contribution in [0.25, 0.3) is 6.08 Å². The van der Waals surface area contributed by atoms with Gasteiger partial charge in [0.15, 0.2) is 0 Å². The van der Waals surface area contributed by atoms with Crippen LogP contribution in [0, 0.1) is 5.92 Å². The Morgan fingerprint density at radius 3 is 2.62 bits per heavy atom. The van der Waals surface area contributed by atoms with E-state index in [9.17, 15) is 4.79 Å². The third-order valence-electron chi connectivity index (χ3n) is 5.70. The van der Waals surface area contributed by atoms with Crippen LogP contribution < -0.4 is 15.4 Å². The van der Waals surface area contributed by atoms with Gasteiger partial charge in [-0.2, -0.15) is 0 Å². The number of amides is 2. The molecule has 0 bridgehead atoms. The number of ether oxygens (including phenoxy) is 1. The van der Waals surface area contributed by atoms with E-state index in [1.54, 1.807) is 0 Å². The van der Waals surface area contributed by atoms with Gasteiger partial charge in [-0.25, -0.2) is 4.79 Å². The number of piperidine rings is 1. The van der Waals surface area contributed by atoms with Crippen LogP contribution in [-0.2, 0) is 0 Å². The van der Waals surface area contributed by atoms with E-state index < -0.39 is 0 Å². The average Bonchev–Trinajstić information content (AvgIpc) is 2.76. The summed E-state index contributed by atoms with van der Waals surface area (Å²) in [5.41, 5.74) is 3.35. The van der Waals surface area contributed by atoms with Gasteiger partial charge in [0, 0.05) is 24.3 Å². The van der Waals surface area contributed by atoms with Gasteiger partial charge in [0.05, 0.1) is 0 Å². The number of nitrogens with zero attached hydrogens (tertiary/aromatic N) is 1. The molecule has 2 aliphatic heterocycles. The molecule has 29 heavy (non-hydrogen) atoms. The van der Waals surface area contributed by atoms with Crippen LogP contribution >= 0.6 is 0 Å². The third-order valence-corrected chi connectivity index (χ3v) is 5.70. The molecule has 1 saturated heterocycles. The highest BCUT2D eigenvalue weighted by Gasteiger charge is 2.21. The Morgan fingerprint density at radius 1 is 1.03 bits per heavy atom. The number of anilines is 1. The molecule has 2 amide bonds. The predicted octanol–water partition coefficient (Wildman–Crippen LogP) is 4.39. The minimum atomic E-state index is -0.127. The fourth-order valence-electron chi connectivity index (χ4n) is 4.06. The summed E-state index contributed by atoms with van der Waals surface area (Å²) in [4.78, 5) is 14.5. The Hall–Kier alpha value is -2.79. The maximum atomic E-state index is 12.0. The number of nitrogens with one attached hydrogen (secondary N) is 2. The van der Waals surface area contributed by atoms with Crippen LogP contribution in [0.5, 0.6) is 5.75 Å². The van der Waals surface area contributed by atoms with E-state index >= 15 is 0 Å². The van der Waals surface area contributed by atoms with Crippen molar-refractivity contribution in [1.82, 2.24) is 10.2 Å². The molecule has 2 N–H and O–H groups in total. The van der Waals surface area contributed by atoms with Crippen molar-refractivity contribution in [2.45, 2.75) is 19.3 Å². The first kappa shape index (κ1) is 19.5. The maximum Gasteiger partial charge on any atom is 0.319 e. The highest BCUT2D eigenvalue weighted by molar-refractivity contribution is 5.89. The fourth-order valence-corrected chi connectivity index (χ4v) is 4.06. The Bertz CT molecular complexity index is 842. The number of carbonyl (C=O) groups is 1. The molecule has 2 aromatic carbocycles. The predicted molar refractivity (Wildman–Crippen MR) is 117 cm³/mol. The van der Waals surface area contributed by atoms with E-state index in [2.05, 4.69) is 33.7 Å². The minimum absolute atomic E-state index is 0.127. The molecular formula is C24H29N3O2. The van der Waals surface area contributed by atoms with Crippen molar-refractivity contribution >= 4 is 17.8 Å². The first-order chi connectivity index (χ1) is 14.3. The Kier molecular flexibility index (Phi) is 6.47. The van der Waals surface area contributed by atoms with Gasteiger partial charge in [-0.3, -0.25) is 4.90 Å². The number of fused-ring (bicyclic) bond motifs is 1. The van der Waals surface area contributed by atoms with Gasteiger partial charge < -0.3 is 15.4 Å². The molecule has 152 valence electrons. The van der Waals surface area contributed by atoms with Crippen LogP contribution in [0.15, 0.2) is 60.2 Å². The fraction of sp³-hybridized carbons (Fsp3) is 0.375. The number of likely N-dealkylation sites (tertiary alicyclic amines) is 1. The van der Waals surface area contributed by atoms with Crippen molar-refractivity contribution in [3.05, 3.63) is 65.7 Å². The first-order valence-corrected chi connectivity index (χ1v) is 10.5. The van der Waals surface area contributed by atoms with E-state index in [0.29, 0.717) is 12.5 Å². The van der Waals surface area contributed by atoms with Gasteiger partial charge in [0.2, 0.25) is 0 Å². The second kappa shape index (κ2) is 9.61. The smallest absolute Gasteiger partial charge is 0.319 e. The van der Waals surface area contributed by atoms with Crippen LogP contribution in [0.4, 0.5) is 10.5 Å². The lowest BCUT2D eigenvalue weighted by molar-refractivity contribution is 0.185. The summed E-state index contributed by atoms with van der Waals surface area (Å²) in [6.07, 6.45) is 5.69. The Morgan fingerprint density at radius 2 is 1.79 bits per heavy atom. The number of urea groups is 1. The molecule has 0 atom stereocenters. The molecule has 4 rings (SSSR count). The number of hydrogen-bond donors (Lipinski definition) is 2. The van der Waals surface area contributed by atoms with Gasteiger partial charge in [-0.1, -0.05) is 36.4 Å². The summed E-state index contributed by atoms with van der Waals surface area (Å²) in [5.74, 6) is 1.67. The molecule has 0 radical (unpaired) electrons. The molecule has 5 nitrogen and oxygen atoms in total. The number of rotatable bonds is 6. The number of carbonyl (C=O) groups excluding carboxylic acids is 1. The lowest BCUT2D eigenvalue weighted by Crippen LogP contribution is -2.37. The van der Waals surface area contributed by atoms with Gasteiger partial charge in [-0.05, 0) is 68.1 Å². The Balaban J connectivity index is 1.15. The molecular weight excluding hydrogens is 362 g/mol. The highest BCUT2D eigenvalue weighted by atomic mass is 16.5. The van der Waals surface area contributed by atoms with Crippen molar-refractivity contribution in [3.63, 3.8) is 0 Å². The lowest BCUT2D eigenvalue weighted by atomic mass is 9.93. The van der Waals surface area contributed by atoms with Gasteiger partial charge in [0.1, 0.15) is 12.4 Å². The zero-order valence-electron chi connectivity index (χ0n) is 16.8. The molecule has 0 aliphatic carbocycles. The number of benzene rings is 2. The van der Waals surface area contributed by atoms with E-state index in [-0.39, 0.29) is 6.03 Å². The maximum absolute atomic E-state index is 12.0. The summed E-state index contributed by atoms with van der Waals surface area (Å²) in [6.45, 7) is 4.62. The SMILES string of the molecule is O=C(NCCC1CCN(CC2=Cc3ccccc3OC2)CC1)Nc1ccccc1. The van der Waals surface area contributed by atoms with Gasteiger partial charge in [-0.15, -0.1) is 0 Å². The summed E-state index contributed by atoms with van der Waals surface area (Å²) >= 11 is 0. The minimum Gasteiger partial charge on any atom is -0.489 e. The summed E-state index contributed by atoms with van der Waals surface area (Å²) in [5, 5.41) is 5.84. The zero-order chi connectivity index (χ0) is 19.9. The van der Waals surface area contributed by atoms with Gasteiger partial charge in [0.25, 0.3) is 0 Å².